The molecule has 0 aromatic carbocycles. The maximum Gasteiger partial charge on any atom is 0.436 e. The highest BCUT2D eigenvalue weighted by molar-refractivity contribution is 6.63. The van der Waals surface area contributed by atoms with Crippen molar-refractivity contribution in [3.8, 4) is 0 Å². The largest absolute Gasteiger partial charge is 0.436 e. The third-order valence-corrected chi connectivity index (χ3v) is 2.86. The van der Waals surface area contributed by atoms with Gasteiger partial charge in [-0.2, -0.15) is 18.3 Å². The van der Waals surface area contributed by atoms with Gasteiger partial charge in [0, 0.05) is 20.0 Å². The van der Waals surface area contributed by atoms with Gasteiger partial charge in [0.15, 0.2) is 5.69 Å². The molecule has 0 atom stereocenters. The summed E-state index contributed by atoms with van der Waals surface area (Å²) < 4.78 is 38.4. The monoisotopic (exact) mass is 331 g/mol. The van der Waals surface area contributed by atoms with Gasteiger partial charge in [-0.05, 0) is 18.0 Å². The number of rotatable bonds is 5. The zero-order valence-corrected chi connectivity index (χ0v) is 11.7. The number of alkyl halides is 3. The number of nitrogens with one attached hydrogen (secondary N) is 1. The average molecular weight is 332 g/mol. The molecule has 1 N–H and O–H groups in total. The molecule has 0 spiro atoms. The number of hydrogen-bond donors (Lipinski definition) is 1. The summed E-state index contributed by atoms with van der Waals surface area (Å²) in [6, 6.07) is 0. The Morgan fingerprint density at radius 1 is 1.40 bits per heavy atom. The number of halogens is 5. The molecule has 0 aliphatic rings. The van der Waals surface area contributed by atoms with Crippen LogP contribution in [0.2, 0.25) is 5.02 Å². The summed E-state index contributed by atoms with van der Waals surface area (Å²) in [4.78, 5) is 22.2. The number of carbonyl (C=O) groups is 2. The quantitative estimate of drug-likeness (QED) is 0.665. The molecule has 0 saturated carbocycles. The van der Waals surface area contributed by atoms with Gasteiger partial charge in [0.2, 0.25) is 5.24 Å². The molecule has 0 radical (unpaired) electrons. The maximum absolute atomic E-state index is 12.6. The van der Waals surface area contributed by atoms with Crippen LogP contribution in [-0.2, 0) is 18.0 Å². The van der Waals surface area contributed by atoms with Crippen LogP contribution < -0.4 is 5.32 Å². The van der Waals surface area contributed by atoms with Crippen LogP contribution >= 0.6 is 23.2 Å². The van der Waals surface area contributed by atoms with E-state index in [2.05, 4.69) is 10.4 Å². The molecule has 10 heteroatoms. The highest BCUT2D eigenvalue weighted by Gasteiger charge is 2.39. The van der Waals surface area contributed by atoms with Gasteiger partial charge >= 0.3 is 6.18 Å². The summed E-state index contributed by atoms with van der Waals surface area (Å²) >= 11 is 10.6. The molecule has 0 aliphatic carbocycles. The van der Waals surface area contributed by atoms with Crippen LogP contribution in [0.15, 0.2) is 0 Å². The first-order valence-electron chi connectivity index (χ1n) is 5.40. The minimum atomic E-state index is -4.74. The summed E-state index contributed by atoms with van der Waals surface area (Å²) in [5, 5.41) is 4.20. The van der Waals surface area contributed by atoms with Crippen molar-refractivity contribution in [3.05, 3.63) is 16.4 Å². The molecule has 5 nitrogen and oxygen atoms in total. The first-order chi connectivity index (χ1) is 9.14. The molecule has 1 heterocycles. The Balaban J connectivity index is 2.79. The Kier molecular flexibility index (Phi) is 5.41. The molecule has 0 unspecified atom stereocenters. The second-order valence-electron chi connectivity index (χ2n) is 3.85. The molecule has 0 bridgehead atoms. The molecule has 0 fully saturated rings. The lowest BCUT2D eigenvalue weighted by molar-refractivity contribution is -0.141. The van der Waals surface area contributed by atoms with Crippen LogP contribution in [0.3, 0.4) is 0 Å². The van der Waals surface area contributed by atoms with Gasteiger partial charge in [0.25, 0.3) is 5.91 Å². The smallest absolute Gasteiger partial charge is 0.351 e. The van der Waals surface area contributed by atoms with E-state index < -0.39 is 33.7 Å². The van der Waals surface area contributed by atoms with Crippen molar-refractivity contribution >= 4 is 34.4 Å². The van der Waals surface area contributed by atoms with Crippen molar-refractivity contribution in [1.82, 2.24) is 15.1 Å². The van der Waals surface area contributed by atoms with E-state index in [0.717, 1.165) is 4.68 Å². The van der Waals surface area contributed by atoms with E-state index in [4.69, 9.17) is 23.2 Å². The van der Waals surface area contributed by atoms with Crippen LogP contribution in [0.25, 0.3) is 0 Å². The summed E-state index contributed by atoms with van der Waals surface area (Å²) in [7, 11) is 1.18. The third kappa shape index (κ3) is 4.11. The van der Waals surface area contributed by atoms with Crippen molar-refractivity contribution in [1.29, 1.82) is 0 Å². The Hall–Kier alpha value is -1.28. The highest BCUT2D eigenvalue weighted by atomic mass is 35.5. The van der Waals surface area contributed by atoms with Crippen LogP contribution in [0.5, 0.6) is 0 Å². The molecule has 20 heavy (non-hydrogen) atoms. The SMILES string of the molecule is Cn1nc(C(F)(F)F)c(Cl)c1C(=O)NCCCC(=O)Cl. The fourth-order valence-corrected chi connectivity index (χ4v) is 1.93. The molecule has 112 valence electrons. The maximum atomic E-state index is 12.6. The molecular formula is C10H10Cl2F3N3O2. The van der Waals surface area contributed by atoms with Crippen LogP contribution in [0.1, 0.15) is 29.0 Å². The van der Waals surface area contributed by atoms with Gasteiger partial charge in [0.1, 0.15) is 10.7 Å². The molecule has 1 amide bonds. The van der Waals surface area contributed by atoms with E-state index in [9.17, 15) is 22.8 Å². The predicted molar refractivity (Wildman–Crippen MR) is 65.6 cm³/mol. The topological polar surface area (TPSA) is 64.0 Å². The zero-order valence-electron chi connectivity index (χ0n) is 10.2. The van der Waals surface area contributed by atoms with Gasteiger partial charge < -0.3 is 5.32 Å². The highest BCUT2D eigenvalue weighted by Crippen LogP contribution is 2.35. The predicted octanol–water partition coefficient (Wildman–Crippen LogP) is 2.37. The number of amides is 1. The van der Waals surface area contributed by atoms with Crippen molar-refractivity contribution in [2.75, 3.05) is 6.54 Å². The summed E-state index contributed by atoms with van der Waals surface area (Å²) in [6.45, 7) is 0.0835. The average Bonchev–Trinajstić information content (AvgIpc) is 2.59. The van der Waals surface area contributed by atoms with E-state index in [1.54, 1.807) is 0 Å². The van der Waals surface area contributed by atoms with Gasteiger partial charge in [0.05, 0.1) is 0 Å². The van der Waals surface area contributed by atoms with Crippen molar-refractivity contribution in [2.24, 2.45) is 7.05 Å². The van der Waals surface area contributed by atoms with E-state index >= 15 is 0 Å². The lowest BCUT2D eigenvalue weighted by Gasteiger charge is -2.05. The Bertz CT molecular complexity index is 529. The number of hydrogen-bond acceptors (Lipinski definition) is 3. The van der Waals surface area contributed by atoms with Crippen molar-refractivity contribution < 1.29 is 22.8 Å². The first kappa shape index (κ1) is 16.8. The second kappa shape index (κ2) is 6.45. The normalized spacial score (nSPS) is 11.5. The van der Waals surface area contributed by atoms with E-state index in [1.165, 1.54) is 7.05 Å². The number of nitrogens with zero attached hydrogens (tertiary/aromatic N) is 2. The summed E-state index contributed by atoms with van der Waals surface area (Å²) in [5.41, 5.74) is -1.71. The molecule has 1 aromatic heterocycles. The van der Waals surface area contributed by atoms with Gasteiger partial charge in [-0.1, -0.05) is 11.6 Å². The Morgan fingerprint density at radius 2 is 2.00 bits per heavy atom. The minimum absolute atomic E-state index is 0.0504. The molecule has 1 aromatic rings. The fraction of sp³-hybridized carbons (Fsp3) is 0.500. The number of carbonyl (C=O) groups excluding carboxylic acids is 2. The zero-order chi connectivity index (χ0) is 15.5. The van der Waals surface area contributed by atoms with Crippen LogP contribution in [-0.4, -0.2) is 27.5 Å². The molecular weight excluding hydrogens is 322 g/mol. The van der Waals surface area contributed by atoms with E-state index in [1.807, 2.05) is 0 Å². The lowest BCUT2D eigenvalue weighted by Crippen LogP contribution is -2.27. The standard InChI is InChI=1S/C10H10Cl2F3N3O2/c1-18-7(6(12)8(17-18)10(13,14)15)9(20)16-4-2-3-5(11)19/h2-4H2,1H3,(H,16,20). The van der Waals surface area contributed by atoms with Crippen molar-refractivity contribution in [2.45, 2.75) is 19.0 Å². The third-order valence-electron chi connectivity index (χ3n) is 2.31. The van der Waals surface area contributed by atoms with Crippen molar-refractivity contribution in [3.63, 3.8) is 0 Å². The molecule has 0 saturated heterocycles. The number of aryl methyl sites for hydroxylation is 1. The summed E-state index contributed by atoms with van der Waals surface area (Å²) in [6.07, 6.45) is -4.41. The van der Waals surface area contributed by atoms with E-state index in [0.29, 0.717) is 0 Å². The number of aromatic nitrogens is 2. The minimum Gasteiger partial charge on any atom is -0.351 e. The Labute approximate surface area is 122 Å². The van der Waals surface area contributed by atoms with Gasteiger partial charge in [-0.15, -0.1) is 0 Å². The van der Waals surface area contributed by atoms with E-state index in [-0.39, 0.29) is 19.4 Å². The summed E-state index contributed by atoms with van der Waals surface area (Å²) in [5.74, 6) is -0.803. The fourth-order valence-electron chi connectivity index (χ4n) is 1.44. The Morgan fingerprint density at radius 3 is 2.45 bits per heavy atom. The first-order valence-corrected chi connectivity index (χ1v) is 6.16. The molecule has 1 rings (SSSR count). The second-order valence-corrected chi connectivity index (χ2v) is 4.65. The molecule has 0 aliphatic heterocycles. The lowest BCUT2D eigenvalue weighted by atomic mass is 10.3. The van der Waals surface area contributed by atoms with Crippen LogP contribution in [0, 0.1) is 0 Å². The van der Waals surface area contributed by atoms with Gasteiger partial charge in [-0.3, -0.25) is 14.3 Å². The van der Waals surface area contributed by atoms with Crippen LogP contribution in [0.4, 0.5) is 13.2 Å². The van der Waals surface area contributed by atoms with Gasteiger partial charge in [-0.25, -0.2) is 0 Å².